The normalized spacial score (nSPS) is 18.4. The van der Waals surface area contributed by atoms with Gasteiger partial charge in [0.1, 0.15) is 5.82 Å². The molecule has 4 rings (SSSR count). The molecule has 1 unspecified atom stereocenters. The molecule has 0 aliphatic carbocycles. The molecular formula is C19H20N4O2. The number of aliphatic hydroxyl groups excluding tert-OH is 1. The van der Waals surface area contributed by atoms with Gasteiger partial charge in [-0.15, -0.1) is 0 Å². The summed E-state index contributed by atoms with van der Waals surface area (Å²) < 4.78 is 0. The molecule has 3 heterocycles. The fourth-order valence-corrected chi connectivity index (χ4v) is 3.36. The average molecular weight is 336 g/mol. The molecule has 2 aromatic heterocycles. The summed E-state index contributed by atoms with van der Waals surface area (Å²) in [6.45, 7) is 1.96. The first-order valence-electron chi connectivity index (χ1n) is 8.41. The van der Waals surface area contributed by atoms with Crippen LogP contribution in [0.4, 0.5) is 5.82 Å². The van der Waals surface area contributed by atoms with Gasteiger partial charge in [-0.2, -0.15) is 0 Å². The van der Waals surface area contributed by atoms with Crippen molar-refractivity contribution < 1.29 is 9.90 Å². The van der Waals surface area contributed by atoms with E-state index in [4.69, 9.17) is 0 Å². The van der Waals surface area contributed by atoms with Crippen LogP contribution < -0.4 is 4.90 Å². The number of H-pyrrole nitrogens is 1. The molecule has 1 aliphatic rings. The third-order valence-electron chi connectivity index (χ3n) is 4.59. The van der Waals surface area contributed by atoms with Crippen LogP contribution in [-0.2, 0) is 0 Å². The summed E-state index contributed by atoms with van der Waals surface area (Å²) in [5.41, 5.74) is 0.615. The molecule has 1 aromatic carbocycles. The van der Waals surface area contributed by atoms with Crippen LogP contribution in [0.1, 0.15) is 10.4 Å². The summed E-state index contributed by atoms with van der Waals surface area (Å²) in [5, 5.41) is 12.6. The Labute approximate surface area is 145 Å². The minimum atomic E-state index is -0.619. The van der Waals surface area contributed by atoms with Crippen LogP contribution in [0.3, 0.4) is 0 Å². The van der Waals surface area contributed by atoms with Crippen LogP contribution >= 0.6 is 0 Å². The zero-order valence-corrected chi connectivity index (χ0v) is 13.8. The van der Waals surface area contributed by atoms with Crippen molar-refractivity contribution in [2.75, 3.05) is 31.1 Å². The predicted molar refractivity (Wildman–Crippen MR) is 96.7 cm³/mol. The van der Waals surface area contributed by atoms with Crippen molar-refractivity contribution in [1.29, 1.82) is 0 Å². The quantitative estimate of drug-likeness (QED) is 0.750. The molecule has 0 bridgehead atoms. The number of carbonyl (C=O) groups is 1. The van der Waals surface area contributed by atoms with Crippen molar-refractivity contribution in [3.8, 4) is 0 Å². The second-order valence-electron chi connectivity index (χ2n) is 6.31. The van der Waals surface area contributed by atoms with E-state index >= 15 is 0 Å². The zero-order valence-electron chi connectivity index (χ0n) is 13.8. The van der Waals surface area contributed by atoms with Gasteiger partial charge < -0.3 is 19.9 Å². The van der Waals surface area contributed by atoms with Crippen LogP contribution in [0.2, 0.25) is 0 Å². The van der Waals surface area contributed by atoms with E-state index < -0.39 is 6.10 Å². The molecule has 0 saturated carbocycles. The highest BCUT2D eigenvalue weighted by Gasteiger charge is 2.26. The number of nitrogens with one attached hydrogen (secondary N) is 1. The van der Waals surface area contributed by atoms with E-state index in [2.05, 4.69) is 20.9 Å². The summed E-state index contributed by atoms with van der Waals surface area (Å²) in [6, 6.07) is 11.8. The van der Waals surface area contributed by atoms with Crippen LogP contribution in [0.25, 0.3) is 10.8 Å². The Morgan fingerprint density at radius 2 is 2.04 bits per heavy atom. The maximum atomic E-state index is 12.6. The monoisotopic (exact) mass is 336 g/mol. The molecule has 1 atom stereocenters. The van der Waals surface area contributed by atoms with Gasteiger partial charge in [0.2, 0.25) is 0 Å². The van der Waals surface area contributed by atoms with Crippen molar-refractivity contribution >= 4 is 22.5 Å². The highest BCUT2D eigenvalue weighted by molar-refractivity contribution is 5.94. The molecule has 128 valence electrons. The number of hydrogen-bond acceptors (Lipinski definition) is 4. The number of amides is 1. The van der Waals surface area contributed by atoms with E-state index in [0.29, 0.717) is 31.7 Å². The zero-order chi connectivity index (χ0) is 17.2. The lowest BCUT2D eigenvalue weighted by Crippen LogP contribution is -2.37. The third kappa shape index (κ3) is 3.08. The fourth-order valence-electron chi connectivity index (χ4n) is 3.36. The van der Waals surface area contributed by atoms with Gasteiger partial charge in [0.15, 0.2) is 0 Å². The summed E-state index contributed by atoms with van der Waals surface area (Å²) in [6.07, 6.45) is 4.58. The molecule has 1 fully saturated rings. The van der Waals surface area contributed by atoms with Gasteiger partial charge in [0.05, 0.1) is 11.7 Å². The standard InChI is InChI=1S/C19H20N4O2/c24-16-12-22(18-17-4-2-1-3-14(17)6-8-21-18)9-10-23(13-16)19(25)15-5-7-20-11-15/h1-8,11,16,20,24H,9-10,12-13H2. The Hall–Kier alpha value is -2.86. The van der Waals surface area contributed by atoms with Crippen LogP contribution in [0.15, 0.2) is 55.0 Å². The molecule has 2 N–H and O–H groups in total. The first kappa shape index (κ1) is 15.7. The van der Waals surface area contributed by atoms with E-state index in [1.807, 2.05) is 24.3 Å². The van der Waals surface area contributed by atoms with Gasteiger partial charge in [0, 0.05) is 50.2 Å². The molecule has 25 heavy (non-hydrogen) atoms. The lowest BCUT2D eigenvalue weighted by molar-refractivity contribution is 0.0674. The number of aromatic amines is 1. The summed E-state index contributed by atoms with van der Waals surface area (Å²) in [7, 11) is 0. The lowest BCUT2D eigenvalue weighted by Gasteiger charge is -2.24. The Balaban J connectivity index is 1.60. The minimum Gasteiger partial charge on any atom is -0.389 e. The van der Waals surface area contributed by atoms with E-state index in [0.717, 1.165) is 16.6 Å². The SMILES string of the molecule is O=C(c1cc[nH]c1)N1CCN(c2nccc3ccccc23)CC(O)C1. The van der Waals surface area contributed by atoms with Crippen molar-refractivity contribution in [2.24, 2.45) is 0 Å². The largest absolute Gasteiger partial charge is 0.389 e. The Kier molecular flexibility index (Phi) is 4.11. The Bertz CT molecular complexity index is 873. The minimum absolute atomic E-state index is 0.0620. The molecule has 0 spiro atoms. The Morgan fingerprint density at radius 3 is 2.88 bits per heavy atom. The second-order valence-corrected chi connectivity index (χ2v) is 6.31. The topological polar surface area (TPSA) is 72.5 Å². The molecule has 1 amide bonds. The van der Waals surface area contributed by atoms with Crippen LogP contribution in [-0.4, -0.2) is 58.2 Å². The molecule has 3 aromatic rings. The number of nitrogens with zero attached hydrogens (tertiary/aromatic N) is 3. The number of aromatic nitrogens is 2. The average Bonchev–Trinajstić information content (AvgIpc) is 3.10. The first-order valence-corrected chi connectivity index (χ1v) is 8.41. The van der Waals surface area contributed by atoms with Crippen molar-refractivity contribution in [3.63, 3.8) is 0 Å². The summed E-state index contributed by atoms with van der Waals surface area (Å²) >= 11 is 0. The van der Waals surface area contributed by atoms with Gasteiger partial charge in [-0.3, -0.25) is 4.79 Å². The van der Waals surface area contributed by atoms with Crippen molar-refractivity contribution in [1.82, 2.24) is 14.9 Å². The van der Waals surface area contributed by atoms with Crippen molar-refractivity contribution in [2.45, 2.75) is 6.10 Å². The van der Waals surface area contributed by atoms with E-state index in [9.17, 15) is 9.90 Å². The number of fused-ring (bicyclic) bond motifs is 1. The van der Waals surface area contributed by atoms with Crippen LogP contribution in [0.5, 0.6) is 0 Å². The number of aliphatic hydroxyl groups is 1. The highest BCUT2D eigenvalue weighted by Crippen LogP contribution is 2.25. The second kappa shape index (κ2) is 6.57. The smallest absolute Gasteiger partial charge is 0.255 e. The number of anilines is 1. The molecule has 0 radical (unpaired) electrons. The summed E-state index contributed by atoms with van der Waals surface area (Å²) in [4.78, 5) is 23.8. The maximum absolute atomic E-state index is 12.6. The van der Waals surface area contributed by atoms with E-state index in [1.165, 1.54) is 0 Å². The van der Waals surface area contributed by atoms with E-state index in [1.54, 1.807) is 29.6 Å². The van der Waals surface area contributed by atoms with Crippen molar-refractivity contribution in [3.05, 3.63) is 60.6 Å². The number of rotatable bonds is 2. The molecule has 1 aliphatic heterocycles. The number of hydrogen-bond donors (Lipinski definition) is 2. The number of β-amino-alcohol motifs (C(OH)–C–C–N with tert-alkyl or cyclic N) is 1. The summed E-state index contributed by atoms with van der Waals surface area (Å²) in [5.74, 6) is 0.793. The predicted octanol–water partition coefficient (Wildman–Crippen LogP) is 1.89. The van der Waals surface area contributed by atoms with E-state index in [-0.39, 0.29) is 5.91 Å². The Morgan fingerprint density at radius 1 is 1.16 bits per heavy atom. The van der Waals surface area contributed by atoms with Gasteiger partial charge in [-0.25, -0.2) is 4.98 Å². The van der Waals surface area contributed by atoms with Gasteiger partial charge >= 0.3 is 0 Å². The number of benzene rings is 1. The molecule has 6 nitrogen and oxygen atoms in total. The first-order chi connectivity index (χ1) is 12.2. The highest BCUT2D eigenvalue weighted by atomic mass is 16.3. The number of pyridine rings is 1. The van der Waals surface area contributed by atoms with Gasteiger partial charge in [-0.05, 0) is 17.5 Å². The molecule has 1 saturated heterocycles. The number of carbonyl (C=O) groups excluding carboxylic acids is 1. The third-order valence-corrected chi connectivity index (χ3v) is 4.59. The van der Waals surface area contributed by atoms with Crippen LogP contribution in [0, 0.1) is 0 Å². The van der Waals surface area contributed by atoms with Gasteiger partial charge in [0.25, 0.3) is 5.91 Å². The lowest BCUT2D eigenvalue weighted by atomic mass is 10.1. The van der Waals surface area contributed by atoms with Gasteiger partial charge in [-0.1, -0.05) is 24.3 Å². The fraction of sp³-hybridized carbons (Fsp3) is 0.263. The molecule has 6 heteroatoms. The molecular weight excluding hydrogens is 316 g/mol. The maximum Gasteiger partial charge on any atom is 0.255 e.